The van der Waals surface area contributed by atoms with Gasteiger partial charge in [0.05, 0.1) is 5.41 Å². The SMILES string of the molecule is Cc1ccc(C23CC4CC(CC(C(=O)NCCCNC(=O)c5cccc(O)c5)(C4)C2)C3)cc1. The second kappa shape index (κ2) is 8.51. The molecule has 2 amide bonds. The number of phenolic OH excluding ortho intramolecular Hbond substituents is 1. The number of rotatable bonds is 7. The van der Waals surface area contributed by atoms with E-state index in [1.54, 1.807) is 18.2 Å². The van der Waals surface area contributed by atoms with Gasteiger partial charge in [0.1, 0.15) is 5.75 Å². The molecular formula is C28H34N2O3. The molecule has 2 aromatic rings. The van der Waals surface area contributed by atoms with Gasteiger partial charge in [-0.2, -0.15) is 0 Å². The zero-order valence-electron chi connectivity index (χ0n) is 19.4. The van der Waals surface area contributed by atoms with Crippen LogP contribution < -0.4 is 10.6 Å². The third kappa shape index (κ3) is 4.25. The molecule has 174 valence electrons. The van der Waals surface area contributed by atoms with Gasteiger partial charge in [-0.05, 0) is 92.9 Å². The highest BCUT2D eigenvalue weighted by molar-refractivity contribution is 5.94. The molecule has 0 spiro atoms. The molecule has 0 aliphatic heterocycles. The molecule has 2 aromatic carbocycles. The Morgan fingerprint density at radius 2 is 1.67 bits per heavy atom. The number of aromatic hydroxyl groups is 1. The van der Waals surface area contributed by atoms with Crippen LogP contribution in [0.2, 0.25) is 0 Å². The van der Waals surface area contributed by atoms with Crippen molar-refractivity contribution < 1.29 is 14.7 Å². The predicted octanol–water partition coefficient (Wildman–Crippen LogP) is 4.47. The lowest BCUT2D eigenvalue weighted by atomic mass is 9.42. The number of amides is 2. The van der Waals surface area contributed by atoms with E-state index in [4.69, 9.17) is 0 Å². The largest absolute Gasteiger partial charge is 0.508 e. The maximum Gasteiger partial charge on any atom is 0.251 e. The zero-order valence-corrected chi connectivity index (χ0v) is 19.4. The van der Waals surface area contributed by atoms with Crippen molar-refractivity contribution >= 4 is 11.8 Å². The van der Waals surface area contributed by atoms with Gasteiger partial charge in [0, 0.05) is 18.7 Å². The summed E-state index contributed by atoms with van der Waals surface area (Å²) in [5, 5.41) is 15.6. The van der Waals surface area contributed by atoms with E-state index >= 15 is 0 Å². The topological polar surface area (TPSA) is 78.4 Å². The van der Waals surface area contributed by atoms with Crippen LogP contribution in [0, 0.1) is 24.2 Å². The van der Waals surface area contributed by atoms with Gasteiger partial charge in [0.15, 0.2) is 0 Å². The molecule has 4 fully saturated rings. The first-order valence-corrected chi connectivity index (χ1v) is 12.3. The molecule has 4 bridgehead atoms. The Balaban J connectivity index is 1.18. The van der Waals surface area contributed by atoms with Crippen LogP contribution in [-0.4, -0.2) is 30.0 Å². The van der Waals surface area contributed by atoms with Crippen LogP contribution in [0.5, 0.6) is 5.75 Å². The summed E-state index contributed by atoms with van der Waals surface area (Å²) in [5.41, 5.74) is 3.07. The average molecular weight is 447 g/mol. The number of aryl methyl sites for hydroxylation is 1. The van der Waals surface area contributed by atoms with Crippen LogP contribution in [-0.2, 0) is 10.2 Å². The fraction of sp³-hybridized carbons (Fsp3) is 0.500. The van der Waals surface area contributed by atoms with E-state index in [9.17, 15) is 14.7 Å². The lowest BCUT2D eigenvalue weighted by molar-refractivity contribution is -0.149. The van der Waals surface area contributed by atoms with Gasteiger partial charge in [-0.3, -0.25) is 9.59 Å². The van der Waals surface area contributed by atoms with Crippen LogP contribution in [0.3, 0.4) is 0 Å². The van der Waals surface area contributed by atoms with Crippen LogP contribution >= 0.6 is 0 Å². The predicted molar refractivity (Wildman–Crippen MR) is 128 cm³/mol. The van der Waals surface area contributed by atoms with Crippen LogP contribution in [0.4, 0.5) is 0 Å². The highest BCUT2D eigenvalue weighted by atomic mass is 16.3. The lowest BCUT2D eigenvalue weighted by Crippen LogP contribution is -2.59. The Hall–Kier alpha value is -2.82. The van der Waals surface area contributed by atoms with Gasteiger partial charge < -0.3 is 15.7 Å². The highest BCUT2D eigenvalue weighted by Crippen LogP contribution is 2.65. The number of phenols is 1. The lowest BCUT2D eigenvalue weighted by Gasteiger charge is -2.61. The smallest absolute Gasteiger partial charge is 0.251 e. The molecule has 4 aliphatic carbocycles. The molecule has 2 atom stereocenters. The molecule has 2 unspecified atom stereocenters. The quantitative estimate of drug-likeness (QED) is 0.549. The van der Waals surface area contributed by atoms with Gasteiger partial charge in [0.25, 0.3) is 5.91 Å². The van der Waals surface area contributed by atoms with E-state index < -0.39 is 0 Å². The van der Waals surface area contributed by atoms with Gasteiger partial charge >= 0.3 is 0 Å². The number of benzene rings is 2. The zero-order chi connectivity index (χ0) is 23.1. The van der Waals surface area contributed by atoms with Crippen molar-refractivity contribution in [1.82, 2.24) is 10.6 Å². The summed E-state index contributed by atoms with van der Waals surface area (Å²) in [6.45, 7) is 3.18. The minimum Gasteiger partial charge on any atom is -0.508 e. The monoisotopic (exact) mass is 446 g/mol. The van der Waals surface area contributed by atoms with E-state index in [0.29, 0.717) is 36.9 Å². The molecule has 5 nitrogen and oxygen atoms in total. The van der Waals surface area contributed by atoms with Crippen molar-refractivity contribution in [2.75, 3.05) is 13.1 Å². The molecule has 0 radical (unpaired) electrons. The van der Waals surface area contributed by atoms with Crippen LogP contribution in [0.25, 0.3) is 0 Å². The summed E-state index contributed by atoms with van der Waals surface area (Å²) in [4.78, 5) is 25.7. The fourth-order valence-electron chi connectivity index (χ4n) is 7.20. The van der Waals surface area contributed by atoms with Crippen molar-refractivity contribution in [3.8, 4) is 5.75 Å². The molecule has 33 heavy (non-hydrogen) atoms. The van der Waals surface area contributed by atoms with E-state index in [2.05, 4.69) is 41.8 Å². The third-order valence-electron chi connectivity index (χ3n) is 8.24. The third-order valence-corrected chi connectivity index (χ3v) is 8.24. The number of hydrogen-bond acceptors (Lipinski definition) is 3. The van der Waals surface area contributed by atoms with Gasteiger partial charge in [-0.1, -0.05) is 35.9 Å². The summed E-state index contributed by atoms with van der Waals surface area (Å²) >= 11 is 0. The summed E-state index contributed by atoms with van der Waals surface area (Å²) in [7, 11) is 0. The first-order valence-electron chi connectivity index (χ1n) is 12.3. The van der Waals surface area contributed by atoms with Crippen LogP contribution in [0.15, 0.2) is 48.5 Å². The maximum atomic E-state index is 13.5. The highest BCUT2D eigenvalue weighted by Gasteiger charge is 2.60. The summed E-state index contributed by atoms with van der Waals surface area (Å²) < 4.78 is 0. The number of carbonyl (C=O) groups is 2. The van der Waals surface area contributed by atoms with Crippen molar-refractivity contribution in [2.24, 2.45) is 17.3 Å². The first kappa shape index (κ1) is 22.0. The molecule has 3 N–H and O–H groups in total. The molecule has 5 heteroatoms. The summed E-state index contributed by atoms with van der Waals surface area (Å²) in [5.74, 6) is 1.39. The van der Waals surface area contributed by atoms with Crippen molar-refractivity contribution in [3.05, 3.63) is 65.2 Å². The Morgan fingerprint density at radius 1 is 0.970 bits per heavy atom. The standard InChI is InChI=1S/C28H34N2O3/c1-19-6-8-23(9-7-19)27-14-20-12-21(15-27)17-28(16-20,18-27)26(33)30-11-3-10-29-25(32)22-4-2-5-24(31)13-22/h2,4-9,13,20-21,31H,3,10-12,14-18H2,1H3,(H,29,32)(H,30,33). The minimum atomic E-state index is -0.236. The Bertz CT molecular complexity index is 1030. The summed E-state index contributed by atoms with van der Waals surface area (Å²) in [6.07, 6.45) is 7.43. The number of hydrogen-bond donors (Lipinski definition) is 3. The second-order valence-electron chi connectivity index (χ2n) is 10.8. The summed E-state index contributed by atoms with van der Waals surface area (Å²) in [6, 6.07) is 15.3. The minimum absolute atomic E-state index is 0.0777. The van der Waals surface area contributed by atoms with Gasteiger partial charge in [-0.25, -0.2) is 0 Å². The molecular weight excluding hydrogens is 412 g/mol. The molecule has 0 aromatic heterocycles. The van der Waals surface area contributed by atoms with E-state index in [-0.39, 0.29) is 28.4 Å². The van der Waals surface area contributed by atoms with Crippen molar-refractivity contribution in [3.63, 3.8) is 0 Å². The fourth-order valence-corrected chi connectivity index (χ4v) is 7.20. The Labute approximate surface area is 196 Å². The number of carbonyl (C=O) groups excluding carboxylic acids is 2. The van der Waals surface area contributed by atoms with Crippen LogP contribution in [0.1, 0.15) is 66.4 Å². The van der Waals surface area contributed by atoms with E-state index in [1.807, 2.05) is 0 Å². The molecule has 4 aliphatic rings. The second-order valence-corrected chi connectivity index (χ2v) is 10.8. The van der Waals surface area contributed by atoms with Crippen molar-refractivity contribution in [2.45, 2.75) is 57.3 Å². The normalized spacial score (nSPS) is 29.6. The van der Waals surface area contributed by atoms with E-state index in [1.165, 1.54) is 36.5 Å². The van der Waals surface area contributed by atoms with Crippen molar-refractivity contribution in [1.29, 1.82) is 0 Å². The first-order chi connectivity index (χ1) is 15.9. The molecule has 0 heterocycles. The number of nitrogens with one attached hydrogen (secondary N) is 2. The molecule has 4 saturated carbocycles. The Morgan fingerprint density at radius 3 is 2.36 bits per heavy atom. The van der Waals surface area contributed by atoms with E-state index in [0.717, 1.165) is 19.3 Å². The van der Waals surface area contributed by atoms with Gasteiger partial charge in [0.2, 0.25) is 5.91 Å². The Kier molecular flexibility index (Phi) is 5.67. The maximum absolute atomic E-state index is 13.5. The molecule has 0 saturated heterocycles. The average Bonchev–Trinajstić information content (AvgIpc) is 2.78. The van der Waals surface area contributed by atoms with Gasteiger partial charge in [-0.15, -0.1) is 0 Å². The molecule has 6 rings (SSSR count).